The summed E-state index contributed by atoms with van der Waals surface area (Å²) in [5.41, 5.74) is 0.0838. The maximum atomic E-state index is 12.1. The van der Waals surface area contributed by atoms with Gasteiger partial charge in [-0.05, 0) is 52.7 Å². The third-order valence-corrected chi connectivity index (χ3v) is 3.90. The number of ether oxygens (including phenoxy) is 1. The predicted octanol–water partition coefficient (Wildman–Crippen LogP) is 2.88. The molecule has 0 unspecified atom stereocenters. The van der Waals surface area contributed by atoms with Gasteiger partial charge in [0.25, 0.3) is 0 Å². The molecule has 0 atom stereocenters. The van der Waals surface area contributed by atoms with E-state index in [4.69, 9.17) is 4.74 Å². The molecule has 0 aliphatic carbocycles. The van der Waals surface area contributed by atoms with E-state index >= 15 is 0 Å². The standard InChI is InChI=1S/C18H28N2O2/c1-17(2)12-14(13-18(3,4)20-17)19-16(21)10-11-22-15-8-6-5-7-9-15/h5-9,14,20H,10-13H2,1-4H3,(H,19,21). The first-order chi connectivity index (χ1) is 10.3. The molecule has 0 aromatic heterocycles. The zero-order valence-corrected chi connectivity index (χ0v) is 14.1. The lowest BCUT2D eigenvalue weighted by molar-refractivity contribution is -0.122. The summed E-state index contributed by atoms with van der Waals surface area (Å²) in [5.74, 6) is 0.869. The van der Waals surface area contributed by atoms with Crippen molar-refractivity contribution < 1.29 is 9.53 Å². The summed E-state index contributed by atoms with van der Waals surface area (Å²) in [6.45, 7) is 9.15. The van der Waals surface area contributed by atoms with Crippen LogP contribution < -0.4 is 15.4 Å². The molecule has 4 heteroatoms. The van der Waals surface area contributed by atoms with E-state index in [0.29, 0.717) is 13.0 Å². The first-order valence-electron chi connectivity index (χ1n) is 8.02. The zero-order chi connectivity index (χ0) is 16.2. The van der Waals surface area contributed by atoms with Crippen LogP contribution in [0, 0.1) is 0 Å². The Kier molecular flexibility index (Phi) is 5.12. The van der Waals surface area contributed by atoms with E-state index in [1.54, 1.807) is 0 Å². The minimum Gasteiger partial charge on any atom is -0.493 e. The first-order valence-corrected chi connectivity index (χ1v) is 8.02. The molecule has 1 aliphatic heterocycles. The third-order valence-electron chi connectivity index (χ3n) is 3.90. The van der Waals surface area contributed by atoms with Gasteiger partial charge in [0.15, 0.2) is 0 Å². The molecule has 0 bridgehead atoms. The van der Waals surface area contributed by atoms with Crippen molar-refractivity contribution in [2.75, 3.05) is 6.61 Å². The Hall–Kier alpha value is -1.55. The average molecular weight is 304 g/mol. The van der Waals surface area contributed by atoms with E-state index < -0.39 is 0 Å². The zero-order valence-electron chi connectivity index (χ0n) is 14.1. The number of benzene rings is 1. The Morgan fingerprint density at radius 2 is 1.77 bits per heavy atom. The fraction of sp³-hybridized carbons (Fsp3) is 0.611. The van der Waals surface area contributed by atoms with E-state index in [9.17, 15) is 4.79 Å². The highest BCUT2D eigenvalue weighted by Crippen LogP contribution is 2.28. The number of carbonyl (C=O) groups is 1. The van der Waals surface area contributed by atoms with Gasteiger partial charge < -0.3 is 15.4 Å². The molecule has 1 aliphatic rings. The van der Waals surface area contributed by atoms with Crippen LogP contribution in [0.25, 0.3) is 0 Å². The summed E-state index contributed by atoms with van der Waals surface area (Å²) in [6, 6.07) is 9.81. The lowest BCUT2D eigenvalue weighted by Gasteiger charge is -2.46. The molecule has 22 heavy (non-hydrogen) atoms. The lowest BCUT2D eigenvalue weighted by Crippen LogP contribution is -2.62. The molecular formula is C18H28N2O2. The van der Waals surface area contributed by atoms with Crippen LogP contribution in [-0.4, -0.2) is 29.6 Å². The van der Waals surface area contributed by atoms with Gasteiger partial charge >= 0.3 is 0 Å². The molecule has 1 amide bonds. The normalized spacial score (nSPS) is 20.4. The number of rotatable bonds is 5. The molecule has 4 nitrogen and oxygen atoms in total. The van der Waals surface area contributed by atoms with Crippen LogP contribution in [0.4, 0.5) is 0 Å². The monoisotopic (exact) mass is 304 g/mol. The summed E-state index contributed by atoms with van der Waals surface area (Å²) in [4.78, 5) is 12.1. The third kappa shape index (κ3) is 5.34. The van der Waals surface area contributed by atoms with E-state index in [0.717, 1.165) is 18.6 Å². The maximum absolute atomic E-state index is 12.1. The number of amides is 1. The second kappa shape index (κ2) is 6.69. The maximum Gasteiger partial charge on any atom is 0.223 e. The minimum atomic E-state index is 0.0419. The number of carbonyl (C=O) groups excluding carboxylic acids is 1. The van der Waals surface area contributed by atoms with E-state index in [-0.39, 0.29) is 23.0 Å². The van der Waals surface area contributed by atoms with Crippen LogP contribution in [-0.2, 0) is 4.79 Å². The summed E-state index contributed by atoms with van der Waals surface area (Å²) < 4.78 is 5.57. The second-order valence-electron chi connectivity index (χ2n) is 7.48. The van der Waals surface area contributed by atoms with Crippen LogP contribution in [0.15, 0.2) is 30.3 Å². The van der Waals surface area contributed by atoms with Crippen molar-refractivity contribution in [3.63, 3.8) is 0 Å². The molecule has 1 saturated heterocycles. The quantitative estimate of drug-likeness (QED) is 0.879. The van der Waals surface area contributed by atoms with Crippen LogP contribution in [0.2, 0.25) is 0 Å². The van der Waals surface area contributed by atoms with Crippen molar-refractivity contribution in [3.8, 4) is 5.75 Å². The van der Waals surface area contributed by atoms with Gasteiger partial charge in [0.2, 0.25) is 5.91 Å². The molecule has 2 rings (SSSR count). The van der Waals surface area contributed by atoms with Crippen molar-refractivity contribution >= 4 is 5.91 Å². The van der Waals surface area contributed by atoms with Crippen LogP contribution >= 0.6 is 0 Å². The van der Waals surface area contributed by atoms with Crippen LogP contribution in [0.5, 0.6) is 5.75 Å². The number of piperidine rings is 1. The van der Waals surface area contributed by atoms with Gasteiger partial charge in [0.05, 0.1) is 13.0 Å². The van der Waals surface area contributed by atoms with Crippen LogP contribution in [0.3, 0.4) is 0 Å². The number of nitrogens with one attached hydrogen (secondary N) is 2. The number of hydrogen-bond donors (Lipinski definition) is 2. The molecule has 0 saturated carbocycles. The van der Waals surface area contributed by atoms with Crippen molar-refractivity contribution in [2.45, 2.75) is 64.1 Å². The summed E-state index contributed by atoms with van der Waals surface area (Å²) >= 11 is 0. The van der Waals surface area contributed by atoms with Gasteiger partial charge in [0.1, 0.15) is 5.75 Å². The highest BCUT2D eigenvalue weighted by Gasteiger charge is 2.37. The number of hydrogen-bond acceptors (Lipinski definition) is 3. The summed E-state index contributed by atoms with van der Waals surface area (Å²) in [6.07, 6.45) is 2.28. The molecular weight excluding hydrogens is 276 g/mol. The van der Waals surface area contributed by atoms with Gasteiger partial charge in [0, 0.05) is 17.1 Å². The van der Waals surface area contributed by atoms with E-state index in [2.05, 4.69) is 38.3 Å². The fourth-order valence-corrected chi connectivity index (χ4v) is 3.50. The van der Waals surface area contributed by atoms with Crippen molar-refractivity contribution in [1.29, 1.82) is 0 Å². The van der Waals surface area contributed by atoms with Crippen molar-refractivity contribution in [2.24, 2.45) is 0 Å². The van der Waals surface area contributed by atoms with Gasteiger partial charge in [-0.2, -0.15) is 0 Å². The molecule has 0 radical (unpaired) electrons. The van der Waals surface area contributed by atoms with Crippen molar-refractivity contribution in [1.82, 2.24) is 10.6 Å². The molecule has 1 fully saturated rings. The summed E-state index contributed by atoms with van der Waals surface area (Å²) in [5, 5.41) is 6.78. The smallest absolute Gasteiger partial charge is 0.223 e. The lowest BCUT2D eigenvalue weighted by atomic mass is 9.79. The Balaban J connectivity index is 1.77. The molecule has 122 valence electrons. The Bertz CT molecular complexity index is 481. The Labute approximate surface area is 133 Å². The van der Waals surface area contributed by atoms with Gasteiger partial charge in [-0.1, -0.05) is 18.2 Å². The van der Waals surface area contributed by atoms with Gasteiger partial charge in [-0.15, -0.1) is 0 Å². The highest BCUT2D eigenvalue weighted by atomic mass is 16.5. The SMILES string of the molecule is CC1(C)CC(NC(=O)CCOc2ccccc2)CC(C)(C)N1. The highest BCUT2D eigenvalue weighted by molar-refractivity contribution is 5.76. The van der Waals surface area contributed by atoms with Crippen LogP contribution in [0.1, 0.15) is 47.0 Å². The first kappa shape index (κ1) is 16.8. The van der Waals surface area contributed by atoms with Gasteiger partial charge in [-0.3, -0.25) is 4.79 Å². The molecule has 2 N–H and O–H groups in total. The largest absolute Gasteiger partial charge is 0.493 e. The summed E-state index contributed by atoms with van der Waals surface area (Å²) in [7, 11) is 0. The molecule has 1 aromatic carbocycles. The van der Waals surface area contributed by atoms with Crippen molar-refractivity contribution in [3.05, 3.63) is 30.3 Å². The van der Waals surface area contributed by atoms with E-state index in [1.807, 2.05) is 30.3 Å². The minimum absolute atomic E-state index is 0.0419. The Morgan fingerprint density at radius 3 is 2.36 bits per heavy atom. The Morgan fingerprint density at radius 1 is 1.18 bits per heavy atom. The topological polar surface area (TPSA) is 50.4 Å². The number of para-hydroxylation sites is 1. The van der Waals surface area contributed by atoms with Gasteiger partial charge in [-0.25, -0.2) is 0 Å². The molecule has 0 spiro atoms. The second-order valence-corrected chi connectivity index (χ2v) is 7.48. The van der Waals surface area contributed by atoms with E-state index in [1.165, 1.54) is 0 Å². The average Bonchev–Trinajstić information content (AvgIpc) is 2.36. The predicted molar refractivity (Wildman–Crippen MR) is 89.0 cm³/mol. The fourth-order valence-electron chi connectivity index (χ4n) is 3.50. The molecule has 1 heterocycles. The molecule has 1 aromatic rings.